The molecule has 2 aromatic heterocycles. The van der Waals surface area contributed by atoms with Crippen LogP contribution in [0.2, 0.25) is 5.02 Å². The fourth-order valence-corrected chi connectivity index (χ4v) is 4.66. The van der Waals surface area contributed by atoms with Crippen LogP contribution in [0.5, 0.6) is 0 Å². The lowest BCUT2D eigenvalue weighted by atomic mass is 9.95. The van der Waals surface area contributed by atoms with Crippen molar-refractivity contribution in [1.29, 1.82) is 0 Å². The number of hydrogen-bond donors (Lipinski definition) is 1. The Balaban J connectivity index is 1.57. The molecule has 0 saturated carbocycles. The number of carbonyl (C=O) groups excluding carboxylic acids is 1. The van der Waals surface area contributed by atoms with Gasteiger partial charge in [0.2, 0.25) is 5.91 Å². The van der Waals surface area contributed by atoms with Crippen molar-refractivity contribution in [1.82, 2.24) is 20.1 Å². The summed E-state index contributed by atoms with van der Waals surface area (Å²) >= 11 is 6.83. The Labute approximate surface area is 185 Å². The van der Waals surface area contributed by atoms with E-state index in [1.165, 1.54) is 6.08 Å². The number of amides is 1. The molecule has 1 N–H and O–H groups in total. The molecule has 1 fully saturated rings. The van der Waals surface area contributed by atoms with Crippen LogP contribution in [0, 0.1) is 6.92 Å². The van der Waals surface area contributed by atoms with Crippen molar-refractivity contribution in [3.05, 3.63) is 66.0 Å². The summed E-state index contributed by atoms with van der Waals surface area (Å²) in [6, 6.07) is 10.2. The van der Waals surface area contributed by atoms with E-state index in [0.717, 1.165) is 57.3 Å². The number of pyridine rings is 1. The molecule has 3 heterocycles. The van der Waals surface area contributed by atoms with E-state index >= 15 is 0 Å². The SMILES string of the molecule is C=CC(=O)N1CCN(c2ccnc3cc(-c4c(C)ccc5[nH]ncc45)c(Cl)cc23)CC1. The largest absolute Gasteiger partial charge is 0.367 e. The Morgan fingerprint density at radius 2 is 1.97 bits per heavy atom. The minimum Gasteiger partial charge on any atom is -0.367 e. The maximum atomic E-state index is 11.9. The first-order valence-electron chi connectivity index (χ1n) is 10.2. The van der Waals surface area contributed by atoms with Gasteiger partial charge >= 0.3 is 0 Å². The van der Waals surface area contributed by atoms with Crippen LogP contribution in [0.15, 0.2) is 55.4 Å². The summed E-state index contributed by atoms with van der Waals surface area (Å²) in [5.41, 5.74) is 6.11. The van der Waals surface area contributed by atoms with Crippen LogP contribution in [0.3, 0.4) is 0 Å². The number of aromatic nitrogens is 3. The lowest BCUT2D eigenvalue weighted by Crippen LogP contribution is -2.48. The Hall–Kier alpha value is -3.38. The van der Waals surface area contributed by atoms with Gasteiger partial charge in [-0.15, -0.1) is 0 Å². The molecule has 156 valence electrons. The molecule has 1 aliphatic rings. The summed E-state index contributed by atoms with van der Waals surface area (Å²) in [5, 5.41) is 9.96. The molecule has 0 radical (unpaired) electrons. The number of rotatable bonds is 3. The summed E-state index contributed by atoms with van der Waals surface area (Å²) in [6.45, 7) is 8.51. The first-order valence-corrected chi connectivity index (χ1v) is 10.6. The molecular formula is C24H22ClN5O. The number of anilines is 1. The third kappa shape index (κ3) is 3.33. The van der Waals surface area contributed by atoms with Crippen LogP contribution < -0.4 is 4.90 Å². The van der Waals surface area contributed by atoms with E-state index in [1.807, 2.05) is 35.5 Å². The van der Waals surface area contributed by atoms with E-state index in [2.05, 4.69) is 45.7 Å². The molecule has 4 aromatic rings. The lowest BCUT2D eigenvalue weighted by molar-refractivity contribution is -0.126. The minimum absolute atomic E-state index is 0.0179. The molecule has 0 bridgehead atoms. The summed E-state index contributed by atoms with van der Waals surface area (Å²) in [7, 11) is 0. The highest BCUT2D eigenvalue weighted by molar-refractivity contribution is 6.35. The average Bonchev–Trinajstić information content (AvgIpc) is 3.27. The zero-order valence-electron chi connectivity index (χ0n) is 17.2. The van der Waals surface area contributed by atoms with Crippen molar-refractivity contribution in [3.63, 3.8) is 0 Å². The van der Waals surface area contributed by atoms with Gasteiger partial charge in [-0.25, -0.2) is 0 Å². The Kier molecular flexibility index (Phi) is 4.87. The quantitative estimate of drug-likeness (QED) is 0.482. The predicted octanol–water partition coefficient (Wildman–Crippen LogP) is 4.57. The van der Waals surface area contributed by atoms with E-state index in [-0.39, 0.29) is 5.91 Å². The molecule has 0 unspecified atom stereocenters. The van der Waals surface area contributed by atoms with E-state index in [4.69, 9.17) is 11.6 Å². The van der Waals surface area contributed by atoms with Gasteiger partial charge in [0, 0.05) is 59.4 Å². The van der Waals surface area contributed by atoms with E-state index in [1.54, 1.807) is 0 Å². The molecule has 1 aliphatic heterocycles. The van der Waals surface area contributed by atoms with Crippen LogP contribution in [0.1, 0.15) is 5.56 Å². The van der Waals surface area contributed by atoms with Crippen molar-refractivity contribution < 1.29 is 4.79 Å². The summed E-state index contributed by atoms with van der Waals surface area (Å²) < 4.78 is 0. The second-order valence-corrected chi connectivity index (χ2v) is 8.19. The molecule has 0 aliphatic carbocycles. The van der Waals surface area contributed by atoms with E-state index in [0.29, 0.717) is 18.1 Å². The van der Waals surface area contributed by atoms with Crippen LogP contribution in [0.25, 0.3) is 32.9 Å². The lowest BCUT2D eigenvalue weighted by Gasteiger charge is -2.36. The summed E-state index contributed by atoms with van der Waals surface area (Å²) in [6.07, 6.45) is 5.05. The topological polar surface area (TPSA) is 65.1 Å². The minimum atomic E-state index is -0.0179. The molecule has 0 atom stereocenters. The number of halogens is 1. The number of carbonyl (C=O) groups is 1. The molecule has 1 saturated heterocycles. The van der Waals surface area contributed by atoms with Gasteiger partial charge in [-0.2, -0.15) is 5.10 Å². The van der Waals surface area contributed by atoms with E-state index in [9.17, 15) is 4.79 Å². The standard InChI is InChI=1S/C24H22ClN5O/c1-3-23(31)30-10-8-29(9-11-30)22-6-7-26-21-13-16(19(25)12-17(21)22)24-15(2)4-5-20-18(24)14-27-28-20/h3-7,12-14H,1,8-11H2,2H3,(H,27,28). The second kappa shape index (κ2) is 7.71. The van der Waals surface area contributed by atoms with Gasteiger partial charge in [0.25, 0.3) is 0 Å². The summed E-state index contributed by atoms with van der Waals surface area (Å²) in [4.78, 5) is 20.6. The third-order valence-corrected chi connectivity index (χ3v) is 6.33. The first-order chi connectivity index (χ1) is 15.1. The van der Waals surface area contributed by atoms with Crippen molar-refractivity contribution in [3.8, 4) is 11.1 Å². The molecule has 0 spiro atoms. The molecule has 1 amide bonds. The van der Waals surface area contributed by atoms with Gasteiger partial charge in [0.1, 0.15) is 0 Å². The number of hydrogen-bond acceptors (Lipinski definition) is 4. The monoisotopic (exact) mass is 431 g/mol. The van der Waals surface area contributed by atoms with Gasteiger partial charge in [0.05, 0.1) is 17.2 Å². The third-order valence-electron chi connectivity index (χ3n) is 6.02. The maximum Gasteiger partial charge on any atom is 0.246 e. The van der Waals surface area contributed by atoms with Gasteiger partial charge in [-0.05, 0) is 48.4 Å². The van der Waals surface area contributed by atoms with Crippen molar-refractivity contribution in [2.45, 2.75) is 6.92 Å². The zero-order valence-corrected chi connectivity index (χ0v) is 18.0. The Morgan fingerprint density at radius 3 is 2.74 bits per heavy atom. The van der Waals surface area contributed by atoms with Crippen LogP contribution >= 0.6 is 11.6 Å². The molecule has 31 heavy (non-hydrogen) atoms. The molecule has 7 heteroatoms. The van der Waals surface area contributed by atoms with Gasteiger partial charge in [-0.1, -0.05) is 24.2 Å². The molecule has 6 nitrogen and oxygen atoms in total. The number of nitrogens with zero attached hydrogens (tertiary/aromatic N) is 4. The van der Waals surface area contributed by atoms with Gasteiger partial charge in [0.15, 0.2) is 0 Å². The highest BCUT2D eigenvalue weighted by atomic mass is 35.5. The van der Waals surface area contributed by atoms with Crippen molar-refractivity contribution in [2.24, 2.45) is 0 Å². The number of nitrogens with one attached hydrogen (secondary N) is 1. The summed E-state index contributed by atoms with van der Waals surface area (Å²) in [5.74, 6) is -0.0179. The first kappa shape index (κ1) is 19.6. The smallest absolute Gasteiger partial charge is 0.246 e. The Bertz CT molecular complexity index is 1320. The number of fused-ring (bicyclic) bond motifs is 2. The van der Waals surface area contributed by atoms with Crippen molar-refractivity contribution >= 4 is 45.0 Å². The molecular weight excluding hydrogens is 410 g/mol. The van der Waals surface area contributed by atoms with Gasteiger partial charge < -0.3 is 9.80 Å². The number of H-pyrrole nitrogens is 1. The van der Waals surface area contributed by atoms with Crippen molar-refractivity contribution in [2.75, 3.05) is 31.1 Å². The fraction of sp³-hybridized carbons (Fsp3) is 0.208. The number of piperazine rings is 1. The van der Waals surface area contributed by atoms with Crippen LogP contribution in [-0.2, 0) is 4.79 Å². The molecule has 5 rings (SSSR count). The number of aromatic amines is 1. The number of benzene rings is 2. The van der Waals surface area contributed by atoms with E-state index < -0.39 is 0 Å². The normalized spacial score (nSPS) is 14.4. The Morgan fingerprint density at radius 1 is 1.16 bits per heavy atom. The van der Waals surface area contributed by atoms with Crippen LogP contribution in [0.4, 0.5) is 5.69 Å². The van der Waals surface area contributed by atoms with Crippen LogP contribution in [-0.4, -0.2) is 52.2 Å². The average molecular weight is 432 g/mol. The highest BCUT2D eigenvalue weighted by Gasteiger charge is 2.22. The number of aryl methyl sites for hydroxylation is 1. The second-order valence-electron chi connectivity index (χ2n) is 7.78. The fourth-order valence-electron chi connectivity index (χ4n) is 4.40. The predicted molar refractivity (Wildman–Crippen MR) is 126 cm³/mol. The van der Waals surface area contributed by atoms with Gasteiger partial charge in [-0.3, -0.25) is 14.9 Å². The molecule has 2 aromatic carbocycles. The zero-order chi connectivity index (χ0) is 21.5. The highest BCUT2D eigenvalue weighted by Crippen LogP contribution is 2.39. The maximum absolute atomic E-state index is 11.9.